The Bertz CT molecular complexity index is 569. The van der Waals surface area contributed by atoms with Crippen LogP contribution in [0.2, 0.25) is 0 Å². The van der Waals surface area contributed by atoms with Gasteiger partial charge in [-0.3, -0.25) is 0 Å². The molecule has 0 aliphatic carbocycles. The molecule has 118 valence electrons. The zero-order valence-electron chi connectivity index (χ0n) is 13.1. The molecular formula is C21H21FeP. The molecule has 0 nitrogen and oxygen atoms in total. The van der Waals surface area contributed by atoms with Crippen molar-refractivity contribution in [2.75, 3.05) is 0 Å². The van der Waals surface area contributed by atoms with E-state index in [2.05, 4.69) is 91.0 Å². The Labute approximate surface area is 151 Å². The van der Waals surface area contributed by atoms with E-state index >= 15 is 0 Å². The van der Waals surface area contributed by atoms with Crippen molar-refractivity contribution in [3.8, 4) is 0 Å². The van der Waals surface area contributed by atoms with Gasteiger partial charge >= 0.3 is 0 Å². The summed E-state index contributed by atoms with van der Waals surface area (Å²) in [4.78, 5) is 0. The van der Waals surface area contributed by atoms with Crippen molar-refractivity contribution in [3.63, 3.8) is 0 Å². The Hall–Kier alpha value is -1.39. The smallest absolute Gasteiger partial charge is 0 e. The quantitative estimate of drug-likeness (QED) is 0.370. The van der Waals surface area contributed by atoms with Crippen LogP contribution >= 0.6 is 7.92 Å². The fraction of sp³-hybridized carbons (Fsp3) is 0.143. The number of benzene rings is 3. The largest absolute Gasteiger partial charge is 0.0932 e. The first-order chi connectivity index (χ1) is 10.9. The van der Waals surface area contributed by atoms with E-state index in [0.29, 0.717) is 0 Å². The number of hydrogen-bond acceptors (Lipinski definition) is 0. The van der Waals surface area contributed by atoms with Crippen LogP contribution in [0.1, 0.15) is 16.7 Å². The van der Waals surface area contributed by atoms with Crippen LogP contribution in [0, 0.1) is 0 Å². The summed E-state index contributed by atoms with van der Waals surface area (Å²) in [6, 6.07) is 32.7. The molecule has 0 bridgehead atoms. The van der Waals surface area contributed by atoms with E-state index in [1.807, 2.05) is 0 Å². The monoisotopic (exact) mass is 360 g/mol. The molecule has 23 heavy (non-hydrogen) atoms. The molecule has 0 unspecified atom stereocenters. The van der Waals surface area contributed by atoms with Crippen molar-refractivity contribution in [2.45, 2.75) is 18.5 Å². The van der Waals surface area contributed by atoms with Crippen molar-refractivity contribution in [1.29, 1.82) is 0 Å². The van der Waals surface area contributed by atoms with Crippen molar-refractivity contribution >= 4 is 7.92 Å². The molecule has 0 saturated carbocycles. The Morgan fingerprint density at radius 2 is 0.696 bits per heavy atom. The molecular weight excluding hydrogens is 339 g/mol. The second-order valence-electron chi connectivity index (χ2n) is 5.60. The molecule has 0 aliphatic heterocycles. The van der Waals surface area contributed by atoms with Gasteiger partial charge in [-0.05, 0) is 35.2 Å². The Morgan fingerprint density at radius 3 is 0.957 bits per heavy atom. The molecule has 0 aliphatic rings. The third kappa shape index (κ3) is 5.96. The molecule has 0 amide bonds. The summed E-state index contributed by atoms with van der Waals surface area (Å²) in [5.41, 5.74) is 4.38. The minimum absolute atomic E-state index is 0. The van der Waals surface area contributed by atoms with E-state index in [9.17, 15) is 0 Å². The summed E-state index contributed by atoms with van der Waals surface area (Å²) < 4.78 is 0. The minimum atomic E-state index is -0.0895. The standard InChI is InChI=1S/C21H21P.Fe/c1-4-10-19(11-5-1)16-22(17-20-12-6-2-7-13-20)18-21-14-8-3-9-15-21;/h1-15H,16-18H2;. The second-order valence-corrected chi connectivity index (χ2v) is 7.89. The summed E-state index contributed by atoms with van der Waals surface area (Å²) in [7, 11) is -0.0895. The molecule has 0 radical (unpaired) electrons. The second kappa shape index (κ2) is 9.68. The molecule has 0 spiro atoms. The van der Waals surface area contributed by atoms with Crippen LogP contribution in [0.25, 0.3) is 0 Å². The summed E-state index contributed by atoms with van der Waals surface area (Å²) >= 11 is 0. The van der Waals surface area contributed by atoms with Crippen molar-refractivity contribution in [1.82, 2.24) is 0 Å². The zero-order valence-corrected chi connectivity index (χ0v) is 15.1. The fourth-order valence-electron chi connectivity index (χ4n) is 2.69. The average Bonchev–Trinajstić information content (AvgIpc) is 2.57. The van der Waals surface area contributed by atoms with Crippen LogP contribution in [-0.4, -0.2) is 0 Å². The predicted octanol–water partition coefficient (Wildman–Crippen LogP) is 6.07. The third-order valence-electron chi connectivity index (χ3n) is 3.75. The van der Waals surface area contributed by atoms with Gasteiger partial charge in [0, 0.05) is 17.1 Å². The van der Waals surface area contributed by atoms with Gasteiger partial charge < -0.3 is 0 Å². The maximum atomic E-state index is 2.26. The van der Waals surface area contributed by atoms with Gasteiger partial charge in [-0.15, -0.1) is 0 Å². The van der Waals surface area contributed by atoms with Gasteiger partial charge in [0.15, 0.2) is 0 Å². The van der Waals surface area contributed by atoms with Gasteiger partial charge in [-0.2, -0.15) is 0 Å². The molecule has 0 N–H and O–H groups in total. The first-order valence-electron chi connectivity index (χ1n) is 7.74. The first-order valence-corrected chi connectivity index (χ1v) is 9.64. The van der Waals surface area contributed by atoms with Gasteiger partial charge in [0.1, 0.15) is 0 Å². The van der Waals surface area contributed by atoms with E-state index in [-0.39, 0.29) is 25.0 Å². The van der Waals surface area contributed by atoms with Crippen molar-refractivity contribution in [3.05, 3.63) is 108 Å². The molecule has 0 saturated heterocycles. The Balaban J connectivity index is 0.00000192. The van der Waals surface area contributed by atoms with Crippen LogP contribution in [0.15, 0.2) is 91.0 Å². The molecule has 0 atom stereocenters. The fourth-order valence-corrected chi connectivity index (χ4v) is 5.21. The van der Waals surface area contributed by atoms with Crippen LogP contribution in [0.3, 0.4) is 0 Å². The summed E-state index contributed by atoms with van der Waals surface area (Å²) in [6.45, 7) is 0. The van der Waals surface area contributed by atoms with E-state index in [1.54, 1.807) is 0 Å². The molecule has 0 heterocycles. The van der Waals surface area contributed by atoms with Gasteiger partial charge in [0.2, 0.25) is 0 Å². The number of rotatable bonds is 6. The van der Waals surface area contributed by atoms with Crippen LogP contribution in [0.4, 0.5) is 0 Å². The maximum absolute atomic E-state index is 2.26. The summed E-state index contributed by atoms with van der Waals surface area (Å²) in [5, 5.41) is 0. The predicted molar refractivity (Wildman–Crippen MR) is 97.4 cm³/mol. The maximum Gasteiger partial charge on any atom is 0 e. The summed E-state index contributed by atoms with van der Waals surface area (Å²) in [5.74, 6) is 0. The number of hydrogen-bond donors (Lipinski definition) is 0. The molecule has 3 rings (SSSR count). The van der Waals surface area contributed by atoms with E-state index in [1.165, 1.54) is 35.2 Å². The Morgan fingerprint density at radius 1 is 0.435 bits per heavy atom. The SMILES string of the molecule is [Fe].c1ccc(CP(Cc2ccccc2)Cc2ccccc2)cc1. The van der Waals surface area contributed by atoms with Crippen LogP contribution < -0.4 is 0 Å². The average molecular weight is 360 g/mol. The Kier molecular flexibility index (Phi) is 7.56. The molecule has 3 aromatic carbocycles. The van der Waals surface area contributed by atoms with Gasteiger partial charge in [-0.25, -0.2) is 0 Å². The first kappa shape index (κ1) is 18.0. The normalized spacial score (nSPS) is 10.3. The molecule has 3 aromatic rings. The van der Waals surface area contributed by atoms with E-state index < -0.39 is 0 Å². The van der Waals surface area contributed by atoms with E-state index in [0.717, 1.165) is 0 Å². The van der Waals surface area contributed by atoms with Gasteiger partial charge in [0.25, 0.3) is 0 Å². The van der Waals surface area contributed by atoms with Crippen molar-refractivity contribution in [2.24, 2.45) is 0 Å². The van der Waals surface area contributed by atoms with Gasteiger partial charge in [-0.1, -0.05) is 98.9 Å². The summed E-state index contributed by atoms with van der Waals surface area (Å²) in [6.07, 6.45) is 3.58. The van der Waals surface area contributed by atoms with E-state index in [4.69, 9.17) is 0 Å². The van der Waals surface area contributed by atoms with Crippen molar-refractivity contribution < 1.29 is 17.1 Å². The third-order valence-corrected chi connectivity index (χ3v) is 6.18. The van der Waals surface area contributed by atoms with Crippen LogP contribution in [0.5, 0.6) is 0 Å². The minimum Gasteiger partial charge on any atom is -0.0932 e. The van der Waals surface area contributed by atoms with Crippen LogP contribution in [-0.2, 0) is 35.6 Å². The molecule has 2 heteroatoms. The molecule has 0 fully saturated rings. The zero-order chi connectivity index (χ0) is 15.0. The topological polar surface area (TPSA) is 0 Å². The molecule has 0 aromatic heterocycles. The van der Waals surface area contributed by atoms with Gasteiger partial charge in [0.05, 0.1) is 0 Å².